The van der Waals surface area contributed by atoms with Gasteiger partial charge in [-0.05, 0) is 6.07 Å². The van der Waals surface area contributed by atoms with Crippen LogP contribution in [0, 0.1) is 0 Å². The van der Waals surface area contributed by atoms with E-state index in [1.807, 2.05) is 13.8 Å². The fraction of sp³-hybridized carbons (Fsp3) is 0.150. The number of benzene rings is 2. The zero-order valence-corrected chi connectivity index (χ0v) is 14.3. The molecule has 0 saturated heterocycles. The second kappa shape index (κ2) is 5.84. The van der Waals surface area contributed by atoms with Gasteiger partial charge >= 0.3 is 0 Å². The molecule has 0 amide bonds. The average Bonchev–Trinajstić information content (AvgIpc) is 2.53. The number of hydrogen-bond donors (Lipinski definition) is 4. The lowest BCUT2D eigenvalue weighted by Gasteiger charge is -2.22. The van der Waals surface area contributed by atoms with Crippen LogP contribution in [-0.4, -0.2) is 20.4 Å². The van der Waals surface area contributed by atoms with Crippen molar-refractivity contribution < 1.29 is 24.8 Å². The number of aromatic hydroxyl groups is 4. The first-order valence-electron chi connectivity index (χ1n) is 7.84. The van der Waals surface area contributed by atoms with E-state index in [1.165, 1.54) is 18.2 Å². The Balaban J connectivity index is 2.32. The van der Waals surface area contributed by atoms with Crippen LogP contribution in [0.2, 0.25) is 0 Å². The van der Waals surface area contributed by atoms with Gasteiger partial charge in [0, 0.05) is 35.2 Å². The van der Waals surface area contributed by atoms with Crippen LogP contribution in [0.5, 0.6) is 23.0 Å². The van der Waals surface area contributed by atoms with Gasteiger partial charge in [-0.25, -0.2) is 0 Å². The molecule has 3 rings (SSSR count). The highest BCUT2D eigenvalue weighted by atomic mass is 16.3. The van der Waals surface area contributed by atoms with Crippen LogP contribution in [0.3, 0.4) is 0 Å². The fourth-order valence-corrected chi connectivity index (χ4v) is 2.79. The maximum Gasteiger partial charge on any atom is 0.197 e. The van der Waals surface area contributed by atoms with E-state index in [1.54, 1.807) is 6.08 Å². The van der Waals surface area contributed by atoms with Crippen LogP contribution in [0.1, 0.15) is 19.4 Å². The fourth-order valence-electron chi connectivity index (χ4n) is 2.79. The van der Waals surface area contributed by atoms with Gasteiger partial charge in [0.25, 0.3) is 0 Å². The van der Waals surface area contributed by atoms with Gasteiger partial charge in [-0.1, -0.05) is 19.9 Å². The quantitative estimate of drug-likeness (QED) is 0.533. The van der Waals surface area contributed by atoms with Gasteiger partial charge in [0.1, 0.15) is 39.7 Å². The van der Waals surface area contributed by atoms with Crippen molar-refractivity contribution in [3.63, 3.8) is 0 Å². The Bertz CT molecular complexity index is 1090. The minimum Gasteiger partial charge on any atom is -0.508 e. The molecule has 6 heteroatoms. The van der Waals surface area contributed by atoms with Gasteiger partial charge in [-0.2, -0.15) is 0 Å². The largest absolute Gasteiger partial charge is 0.508 e. The van der Waals surface area contributed by atoms with Gasteiger partial charge < -0.3 is 24.8 Å². The normalized spacial score (nSPS) is 11.6. The minimum atomic E-state index is -0.597. The summed E-state index contributed by atoms with van der Waals surface area (Å²) in [5.74, 6) is -1.03. The number of phenols is 4. The number of phenolic OH excluding ortho intramolecular Hbond substituents is 4. The minimum absolute atomic E-state index is 0.0259. The maximum absolute atomic E-state index is 12.4. The zero-order chi connectivity index (χ0) is 19.2. The van der Waals surface area contributed by atoms with Crippen molar-refractivity contribution in [3.8, 4) is 34.3 Å². The van der Waals surface area contributed by atoms with E-state index in [0.717, 1.165) is 12.1 Å². The van der Waals surface area contributed by atoms with Crippen molar-refractivity contribution in [3.05, 3.63) is 58.8 Å². The van der Waals surface area contributed by atoms with Gasteiger partial charge in [-0.3, -0.25) is 4.79 Å². The summed E-state index contributed by atoms with van der Waals surface area (Å²) >= 11 is 0. The molecule has 0 radical (unpaired) electrons. The molecule has 0 aliphatic rings. The van der Waals surface area contributed by atoms with Crippen LogP contribution in [-0.2, 0) is 5.41 Å². The Morgan fingerprint density at radius 3 is 2.31 bits per heavy atom. The second-order valence-corrected chi connectivity index (χ2v) is 6.63. The van der Waals surface area contributed by atoms with Crippen LogP contribution < -0.4 is 5.43 Å². The molecule has 0 unspecified atom stereocenters. The number of rotatable bonds is 3. The first-order valence-corrected chi connectivity index (χ1v) is 7.84. The standard InChI is InChI=1S/C20H18O6/c1-4-20(2,3)12-7-11(13(22)8-14(12)23)17-9-16(25)19-15(24)5-10(21)6-18(19)26-17/h4-9,21-24H,1H2,2-3H3. The Kier molecular flexibility index (Phi) is 3.91. The Morgan fingerprint density at radius 1 is 0.962 bits per heavy atom. The summed E-state index contributed by atoms with van der Waals surface area (Å²) in [5, 5.41) is 39.8. The number of hydrogen-bond acceptors (Lipinski definition) is 6. The topological polar surface area (TPSA) is 111 Å². The molecule has 0 atom stereocenters. The Labute approximate surface area is 148 Å². The molecule has 2 aromatic carbocycles. The zero-order valence-electron chi connectivity index (χ0n) is 14.3. The SMILES string of the molecule is C=CC(C)(C)c1cc(-c2cc(=O)c3c(O)cc(O)cc3o2)c(O)cc1O. The van der Waals surface area contributed by atoms with Crippen molar-refractivity contribution in [2.75, 3.05) is 0 Å². The molecular formula is C20H18O6. The third kappa shape index (κ3) is 2.75. The molecule has 0 bridgehead atoms. The summed E-state index contributed by atoms with van der Waals surface area (Å²) in [6.45, 7) is 7.42. The van der Waals surface area contributed by atoms with Crippen molar-refractivity contribution in [2.24, 2.45) is 0 Å². The molecule has 0 spiro atoms. The highest BCUT2D eigenvalue weighted by molar-refractivity contribution is 5.86. The van der Waals surface area contributed by atoms with Crippen LogP contribution in [0.4, 0.5) is 0 Å². The Morgan fingerprint density at radius 2 is 1.65 bits per heavy atom. The summed E-state index contributed by atoms with van der Waals surface area (Å²) in [4.78, 5) is 12.4. The van der Waals surface area contributed by atoms with Gasteiger partial charge in [0.2, 0.25) is 0 Å². The van der Waals surface area contributed by atoms with Crippen LogP contribution >= 0.6 is 0 Å². The molecule has 0 saturated carbocycles. The van der Waals surface area contributed by atoms with Crippen LogP contribution in [0.25, 0.3) is 22.3 Å². The van der Waals surface area contributed by atoms with Crippen molar-refractivity contribution in [1.29, 1.82) is 0 Å². The summed E-state index contributed by atoms with van der Waals surface area (Å²) in [6.07, 6.45) is 1.65. The van der Waals surface area contributed by atoms with E-state index in [2.05, 4.69) is 6.58 Å². The highest BCUT2D eigenvalue weighted by Gasteiger charge is 2.24. The lowest BCUT2D eigenvalue weighted by molar-refractivity contribution is 0.437. The molecule has 0 aliphatic carbocycles. The van der Waals surface area contributed by atoms with Crippen molar-refractivity contribution >= 4 is 11.0 Å². The molecule has 0 aliphatic heterocycles. The van der Waals surface area contributed by atoms with E-state index in [0.29, 0.717) is 5.56 Å². The van der Waals surface area contributed by atoms with E-state index < -0.39 is 16.6 Å². The number of allylic oxidation sites excluding steroid dienone is 1. The summed E-state index contributed by atoms with van der Waals surface area (Å²) in [6, 6.07) is 6.06. The lowest BCUT2D eigenvalue weighted by Crippen LogP contribution is -2.13. The monoisotopic (exact) mass is 354 g/mol. The van der Waals surface area contributed by atoms with Gasteiger partial charge in [-0.15, -0.1) is 6.58 Å². The summed E-state index contributed by atoms with van der Waals surface area (Å²) in [5.41, 5.74) is -0.477. The van der Waals surface area contributed by atoms with E-state index >= 15 is 0 Å². The molecular weight excluding hydrogens is 336 g/mol. The molecule has 1 heterocycles. The first kappa shape index (κ1) is 17.4. The van der Waals surface area contributed by atoms with E-state index in [-0.39, 0.29) is 39.5 Å². The highest BCUT2D eigenvalue weighted by Crippen LogP contribution is 2.41. The van der Waals surface area contributed by atoms with Crippen LogP contribution in [0.15, 0.2) is 52.2 Å². The molecule has 0 fully saturated rings. The third-order valence-corrected chi connectivity index (χ3v) is 4.38. The Hall–Kier alpha value is -3.41. The summed E-state index contributed by atoms with van der Waals surface area (Å²) in [7, 11) is 0. The van der Waals surface area contributed by atoms with Gasteiger partial charge in [0.15, 0.2) is 5.43 Å². The molecule has 26 heavy (non-hydrogen) atoms. The predicted molar refractivity (Wildman–Crippen MR) is 97.8 cm³/mol. The first-order chi connectivity index (χ1) is 12.1. The van der Waals surface area contributed by atoms with E-state index in [4.69, 9.17) is 4.42 Å². The lowest BCUT2D eigenvalue weighted by atomic mass is 9.83. The molecule has 1 aromatic heterocycles. The molecule has 3 aromatic rings. The average molecular weight is 354 g/mol. The molecule has 134 valence electrons. The third-order valence-electron chi connectivity index (χ3n) is 4.38. The molecule has 6 nitrogen and oxygen atoms in total. The second-order valence-electron chi connectivity index (χ2n) is 6.63. The maximum atomic E-state index is 12.4. The van der Waals surface area contributed by atoms with E-state index in [9.17, 15) is 25.2 Å². The van der Waals surface area contributed by atoms with Crippen molar-refractivity contribution in [2.45, 2.75) is 19.3 Å². The van der Waals surface area contributed by atoms with Gasteiger partial charge in [0.05, 0.1) is 5.56 Å². The molecule has 4 N–H and O–H groups in total. The summed E-state index contributed by atoms with van der Waals surface area (Å²) < 4.78 is 5.62. The van der Waals surface area contributed by atoms with Crippen molar-refractivity contribution in [1.82, 2.24) is 0 Å². The smallest absolute Gasteiger partial charge is 0.197 e. The number of fused-ring (bicyclic) bond motifs is 1. The predicted octanol–water partition coefficient (Wildman–Crippen LogP) is 3.75.